The van der Waals surface area contributed by atoms with E-state index in [0.717, 1.165) is 12.3 Å². The van der Waals surface area contributed by atoms with Gasteiger partial charge in [-0.15, -0.1) is 0 Å². The molecule has 106 valence electrons. The third-order valence-electron chi connectivity index (χ3n) is 2.40. The molecule has 0 spiro atoms. The Labute approximate surface area is 112 Å². The van der Waals surface area contributed by atoms with E-state index in [1.165, 1.54) is 4.90 Å². The molecule has 1 rings (SSSR count). The molecule has 0 atom stereocenters. The van der Waals surface area contributed by atoms with E-state index in [9.17, 15) is 14.3 Å². The number of rotatable bonds is 5. The van der Waals surface area contributed by atoms with Gasteiger partial charge in [0.1, 0.15) is 11.6 Å². The van der Waals surface area contributed by atoms with Crippen molar-refractivity contribution in [1.82, 2.24) is 9.88 Å². The minimum absolute atomic E-state index is 0.147. The standard InChI is InChI=1S/C13H20FN3O2/c1-5-15-11-10(6-9(14)7-16-11)12(18)17(4)8-13(2,3)19/h6-7,19H,5,8H2,1-4H3,(H,15,16). The van der Waals surface area contributed by atoms with Crippen molar-refractivity contribution >= 4 is 11.7 Å². The first kappa shape index (κ1) is 15.4. The summed E-state index contributed by atoms with van der Waals surface area (Å²) >= 11 is 0. The molecule has 2 N–H and O–H groups in total. The summed E-state index contributed by atoms with van der Waals surface area (Å²) in [5, 5.41) is 12.6. The molecular weight excluding hydrogens is 249 g/mol. The highest BCUT2D eigenvalue weighted by molar-refractivity contribution is 5.98. The first-order chi connectivity index (χ1) is 8.74. The SMILES string of the molecule is CCNc1ncc(F)cc1C(=O)N(C)CC(C)(C)O. The van der Waals surface area contributed by atoms with E-state index in [-0.39, 0.29) is 18.0 Å². The van der Waals surface area contributed by atoms with Crippen molar-refractivity contribution < 1.29 is 14.3 Å². The molecule has 5 nitrogen and oxygen atoms in total. The van der Waals surface area contributed by atoms with E-state index in [4.69, 9.17) is 0 Å². The monoisotopic (exact) mass is 269 g/mol. The highest BCUT2D eigenvalue weighted by Gasteiger charge is 2.23. The molecule has 1 amide bonds. The number of hydrogen-bond acceptors (Lipinski definition) is 4. The van der Waals surface area contributed by atoms with Crippen molar-refractivity contribution in [2.45, 2.75) is 26.4 Å². The molecule has 0 aliphatic heterocycles. The number of anilines is 1. The molecule has 0 aliphatic rings. The molecule has 0 fully saturated rings. The zero-order valence-electron chi connectivity index (χ0n) is 11.7. The van der Waals surface area contributed by atoms with Gasteiger partial charge < -0.3 is 15.3 Å². The number of aromatic nitrogens is 1. The first-order valence-electron chi connectivity index (χ1n) is 6.12. The lowest BCUT2D eigenvalue weighted by Gasteiger charge is -2.26. The zero-order chi connectivity index (χ0) is 14.6. The Hall–Kier alpha value is -1.69. The van der Waals surface area contributed by atoms with Crippen molar-refractivity contribution in [2.75, 3.05) is 25.5 Å². The van der Waals surface area contributed by atoms with E-state index in [2.05, 4.69) is 10.3 Å². The molecule has 0 radical (unpaired) electrons. The molecule has 0 saturated heterocycles. The number of hydrogen-bond donors (Lipinski definition) is 2. The van der Waals surface area contributed by atoms with Gasteiger partial charge in [-0.05, 0) is 26.8 Å². The Kier molecular flexibility index (Phi) is 4.83. The lowest BCUT2D eigenvalue weighted by Crippen LogP contribution is -2.40. The van der Waals surface area contributed by atoms with Gasteiger partial charge in [0.2, 0.25) is 0 Å². The van der Waals surface area contributed by atoms with Crippen molar-refractivity contribution in [3.8, 4) is 0 Å². The third-order valence-corrected chi connectivity index (χ3v) is 2.40. The Morgan fingerprint density at radius 1 is 1.58 bits per heavy atom. The van der Waals surface area contributed by atoms with Gasteiger partial charge in [0.15, 0.2) is 0 Å². The number of likely N-dealkylation sites (N-methyl/N-ethyl adjacent to an activating group) is 1. The van der Waals surface area contributed by atoms with Crippen molar-refractivity contribution in [1.29, 1.82) is 0 Å². The van der Waals surface area contributed by atoms with Crippen LogP contribution in [0.2, 0.25) is 0 Å². The van der Waals surface area contributed by atoms with Crippen LogP contribution in [0.15, 0.2) is 12.3 Å². The van der Waals surface area contributed by atoms with Crippen LogP contribution >= 0.6 is 0 Å². The maximum Gasteiger partial charge on any atom is 0.257 e. The normalized spacial score (nSPS) is 11.3. The van der Waals surface area contributed by atoms with E-state index >= 15 is 0 Å². The lowest BCUT2D eigenvalue weighted by atomic mass is 10.1. The largest absolute Gasteiger partial charge is 0.389 e. The average molecular weight is 269 g/mol. The summed E-state index contributed by atoms with van der Waals surface area (Å²) in [5.74, 6) is -0.608. The highest BCUT2D eigenvalue weighted by atomic mass is 19.1. The van der Waals surface area contributed by atoms with Gasteiger partial charge >= 0.3 is 0 Å². The summed E-state index contributed by atoms with van der Waals surface area (Å²) in [6, 6.07) is 1.15. The molecule has 0 aromatic carbocycles. The van der Waals surface area contributed by atoms with E-state index in [1.807, 2.05) is 6.92 Å². The quantitative estimate of drug-likeness (QED) is 0.850. The van der Waals surface area contributed by atoms with Crippen LogP contribution in [0.3, 0.4) is 0 Å². The zero-order valence-corrected chi connectivity index (χ0v) is 11.7. The molecule has 0 unspecified atom stereocenters. The fourth-order valence-electron chi connectivity index (χ4n) is 1.77. The summed E-state index contributed by atoms with van der Waals surface area (Å²) in [6.45, 7) is 5.79. The maximum atomic E-state index is 13.2. The van der Waals surface area contributed by atoms with Gasteiger partial charge in [0, 0.05) is 20.1 Å². The second-order valence-electron chi connectivity index (χ2n) is 5.05. The number of nitrogens with one attached hydrogen (secondary N) is 1. The number of carbonyl (C=O) groups excluding carboxylic acids is 1. The summed E-state index contributed by atoms with van der Waals surface area (Å²) < 4.78 is 13.2. The molecule has 1 aromatic rings. The van der Waals surface area contributed by atoms with Crippen LogP contribution in [-0.4, -0.2) is 46.6 Å². The second-order valence-corrected chi connectivity index (χ2v) is 5.05. The number of halogens is 1. The van der Waals surface area contributed by atoms with Crippen LogP contribution in [0.4, 0.5) is 10.2 Å². The smallest absolute Gasteiger partial charge is 0.257 e. The molecular formula is C13H20FN3O2. The Morgan fingerprint density at radius 3 is 2.74 bits per heavy atom. The van der Waals surface area contributed by atoms with Crippen LogP contribution in [0, 0.1) is 5.82 Å². The molecule has 0 bridgehead atoms. The van der Waals surface area contributed by atoms with Crippen molar-refractivity contribution in [3.05, 3.63) is 23.6 Å². The predicted octanol–water partition coefficient (Wildman–Crippen LogP) is 1.50. The maximum absolute atomic E-state index is 13.2. The van der Waals surface area contributed by atoms with E-state index in [0.29, 0.717) is 12.4 Å². The van der Waals surface area contributed by atoms with Crippen LogP contribution in [0.5, 0.6) is 0 Å². The van der Waals surface area contributed by atoms with Crippen molar-refractivity contribution in [3.63, 3.8) is 0 Å². The summed E-state index contributed by atoms with van der Waals surface area (Å²) in [5.41, 5.74) is -0.850. The molecule has 1 heterocycles. The van der Waals surface area contributed by atoms with Crippen LogP contribution in [0.25, 0.3) is 0 Å². The van der Waals surface area contributed by atoms with E-state index in [1.54, 1.807) is 20.9 Å². The van der Waals surface area contributed by atoms with Gasteiger partial charge in [0.25, 0.3) is 5.91 Å². The fourth-order valence-corrected chi connectivity index (χ4v) is 1.77. The minimum Gasteiger partial charge on any atom is -0.389 e. The van der Waals surface area contributed by atoms with E-state index < -0.39 is 11.4 Å². The molecule has 6 heteroatoms. The molecule has 0 saturated carbocycles. The Bertz CT molecular complexity index is 458. The molecule has 0 aliphatic carbocycles. The Morgan fingerprint density at radius 2 is 2.21 bits per heavy atom. The van der Waals surface area contributed by atoms with Crippen LogP contribution in [-0.2, 0) is 0 Å². The van der Waals surface area contributed by atoms with Crippen LogP contribution < -0.4 is 5.32 Å². The number of pyridine rings is 1. The average Bonchev–Trinajstić information content (AvgIpc) is 2.28. The first-order valence-corrected chi connectivity index (χ1v) is 6.12. The summed E-state index contributed by atoms with van der Waals surface area (Å²) in [4.78, 5) is 17.5. The van der Waals surface area contributed by atoms with Gasteiger partial charge in [-0.1, -0.05) is 0 Å². The Balaban J connectivity index is 3.00. The van der Waals surface area contributed by atoms with Gasteiger partial charge in [0.05, 0.1) is 17.4 Å². The lowest BCUT2D eigenvalue weighted by molar-refractivity contribution is 0.0368. The van der Waals surface area contributed by atoms with Gasteiger partial charge in [-0.2, -0.15) is 0 Å². The van der Waals surface area contributed by atoms with Gasteiger partial charge in [-0.3, -0.25) is 4.79 Å². The molecule has 1 aromatic heterocycles. The van der Waals surface area contributed by atoms with Crippen LogP contribution in [0.1, 0.15) is 31.1 Å². The third kappa shape index (κ3) is 4.48. The number of amides is 1. The summed E-state index contributed by atoms with van der Waals surface area (Å²) in [6.07, 6.45) is 1.06. The summed E-state index contributed by atoms with van der Waals surface area (Å²) in [7, 11) is 1.56. The number of nitrogens with zero attached hydrogens (tertiary/aromatic N) is 2. The second kappa shape index (κ2) is 5.97. The highest BCUT2D eigenvalue weighted by Crippen LogP contribution is 2.16. The van der Waals surface area contributed by atoms with Gasteiger partial charge in [-0.25, -0.2) is 9.37 Å². The topological polar surface area (TPSA) is 65.5 Å². The number of carbonyl (C=O) groups is 1. The predicted molar refractivity (Wildman–Crippen MR) is 71.6 cm³/mol. The molecule has 19 heavy (non-hydrogen) atoms. The van der Waals surface area contributed by atoms with Crippen molar-refractivity contribution in [2.24, 2.45) is 0 Å². The minimum atomic E-state index is -1.01. The fraction of sp³-hybridized carbons (Fsp3) is 0.538. The number of aliphatic hydroxyl groups is 1.